The van der Waals surface area contributed by atoms with E-state index in [1.807, 2.05) is 34.6 Å². The number of nitrogens with zero attached hydrogens (tertiary/aromatic N) is 3. The molecule has 1 atom stereocenters. The van der Waals surface area contributed by atoms with E-state index in [0.29, 0.717) is 18.0 Å². The van der Waals surface area contributed by atoms with E-state index in [1.54, 1.807) is 6.20 Å². The summed E-state index contributed by atoms with van der Waals surface area (Å²) in [6, 6.07) is 9.47. The quantitative estimate of drug-likeness (QED) is 0.786. The maximum atomic E-state index is 12.5. The molecule has 1 unspecified atom stereocenters. The molecule has 6 nitrogen and oxygen atoms in total. The number of piperazine rings is 1. The largest absolute Gasteiger partial charge is 0.465 e. The number of aromatic nitrogens is 1. The van der Waals surface area contributed by atoms with Crippen LogP contribution in [0.1, 0.15) is 9.67 Å². The molecule has 0 aliphatic carbocycles. The van der Waals surface area contributed by atoms with Crippen LogP contribution in [0, 0.1) is 0 Å². The fourth-order valence-electron chi connectivity index (χ4n) is 2.34. The molecule has 8 heteroatoms. The fourth-order valence-corrected chi connectivity index (χ4v) is 4.41. The first-order chi connectivity index (χ1) is 11.2. The van der Waals surface area contributed by atoms with Gasteiger partial charge in [0.25, 0.3) is 0 Å². The summed E-state index contributed by atoms with van der Waals surface area (Å²) in [5.41, 5.74) is 0. The van der Waals surface area contributed by atoms with Crippen LogP contribution < -0.4 is 4.90 Å². The molecule has 0 bridgehead atoms. The Morgan fingerprint density at radius 1 is 1.22 bits per heavy atom. The van der Waals surface area contributed by atoms with Crippen LogP contribution in [0.2, 0.25) is 0 Å². The Morgan fingerprint density at radius 3 is 2.57 bits per heavy atom. The lowest BCUT2D eigenvalue weighted by Gasteiger charge is -2.33. The molecule has 3 rings (SSSR count). The zero-order chi connectivity index (χ0) is 16.2. The Balaban J connectivity index is 1.61. The zero-order valence-electron chi connectivity index (χ0n) is 12.7. The Bertz CT molecular complexity index is 697. The molecule has 1 saturated heterocycles. The first-order valence-corrected chi connectivity index (χ1v) is 9.12. The minimum atomic E-state index is -1.13. The first kappa shape index (κ1) is 16.1. The topological polar surface area (TPSA) is 62.7 Å². The summed E-state index contributed by atoms with van der Waals surface area (Å²) in [5, 5.41) is 0.801. The molecule has 0 amide bonds. The summed E-state index contributed by atoms with van der Waals surface area (Å²) in [6.07, 6.45) is 1.54. The number of carbonyl (C=O) groups is 1. The highest BCUT2D eigenvalue weighted by molar-refractivity contribution is 7.82. The number of methoxy groups -OCH3 is 1. The molecule has 23 heavy (non-hydrogen) atoms. The highest BCUT2D eigenvalue weighted by Gasteiger charge is 2.24. The molecule has 0 radical (unpaired) electrons. The summed E-state index contributed by atoms with van der Waals surface area (Å²) in [6.45, 7) is 2.84. The van der Waals surface area contributed by atoms with E-state index >= 15 is 0 Å². The second-order valence-electron chi connectivity index (χ2n) is 4.98. The molecule has 1 aromatic carbocycles. The average molecular weight is 351 g/mol. The Morgan fingerprint density at radius 2 is 1.91 bits per heavy atom. The third-order valence-electron chi connectivity index (χ3n) is 3.57. The number of benzene rings is 1. The number of hydrogen-bond donors (Lipinski definition) is 0. The average Bonchev–Trinajstić information content (AvgIpc) is 3.11. The monoisotopic (exact) mass is 351 g/mol. The number of rotatable bonds is 4. The van der Waals surface area contributed by atoms with Gasteiger partial charge in [-0.05, 0) is 12.1 Å². The SMILES string of the molecule is COC(=O)c1cnc(N2CCN(S(=O)c3ccccc3)CC2)s1. The van der Waals surface area contributed by atoms with Gasteiger partial charge in [0, 0.05) is 26.2 Å². The van der Waals surface area contributed by atoms with Crippen LogP contribution in [-0.4, -0.2) is 52.8 Å². The van der Waals surface area contributed by atoms with Gasteiger partial charge in [-0.15, -0.1) is 0 Å². The number of esters is 1. The highest BCUT2D eigenvalue weighted by Crippen LogP contribution is 2.25. The molecule has 0 N–H and O–H groups in total. The summed E-state index contributed by atoms with van der Waals surface area (Å²) in [5.74, 6) is -0.363. The second kappa shape index (κ2) is 7.20. The van der Waals surface area contributed by atoms with Crippen molar-refractivity contribution in [2.45, 2.75) is 4.90 Å². The fraction of sp³-hybridized carbons (Fsp3) is 0.333. The van der Waals surface area contributed by atoms with E-state index in [9.17, 15) is 9.00 Å². The molecule has 1 fully saturated rings. The van der Waals surface area contributed by atoms with Gasteiger partial charge in [-0.1, -0.05) is 29.5 Å². The van der Waals surface area contributed by atoms with Gasteiger partial charge >= 0.3 is 5.97 Å². The maximum absolute atomic E-state index is 12.5. The molecule has 0 saturated carbocycles. The number of carbonyl (C=O) groups excluding carboxylic acids is 1. The van der Waals surface area contributed by atoms with E-state index in [4.69, 9.17) is 4.74 Å². The maximum Gasteiger partial charge on any atom is 0.349 e. The van der Waals surface area contributed by atoms with Crippen molar-refractivity contribution in [1.29, 1.82) is 0 Å². The summed E-state index contributed by atoms with van der Waals surface area (Å²) in [7, 11) is 0.231. The lowest BCUT2D eigenvalue weighted by molar-refractivity contribution is 0.0606. The van der Waals surface area contributed by atoms with Crippen molar-refractivity contribution in [2.24, 2.45) is 0 Å². The normalized spacial score (nSPS) is 17.0. The lowest BCUT2D eigenvalue weighted by atomic mass is 10.4. The van der Waals surface area contributed by atoms with Crippen LogP contribution >= 0.6 is 11.3 Å². The van der Waals surface area contributed by atoms with Crippen LogP contribution in [-0.2, 0) is 15.7 Å². The van der Waals surface area contributed by atoms with Crippen LogP contribution in [0.4, 0.5) is 5.13 Å². The van der Waals surface area contributed by atoms with E-state index in [1.165, 1.54) is 18.4 Å². The molecule has 1 aliphatic heterocycles. The summed E-state index contributed by atoms with van der Waals surface area (Å²) >= 11 is 1.32. The zero-order valence-corrected chi connectivity index (χ0v) is 14.3. The molecule has 0 spiro atoms. The second-order valence-corrected chi connectivity index (χ2v) is 7.47. The third kappa shape index (κ3) is 3.60. The van der Waals surface area contributed by atoms with Gasteiger partial charge in [0.15, 0.2) is 5.13 Å². The third-order valence-corrected chi connectivity index (χ3v) is 6.12. The molecule has 2 heterocycles. The minimum Gasteiger partial charge on any atom is -0.465 e. The molecule has 1 aliphatic rings. The highest BCUT2D eigenvalue weighted by atomic mass is 32.2. The van der Waals surface area contributed by atoms with Crippen LogP contribution in [0.3, 0.4) is 0 Å². The smallest absolute Gasteiger partial charge is 0.349 e. The van der Waals surface area contributed by atoms with Gasteiger partial charge in [0.05, 0.1) is 18.2 Å². The van der Waals surface area contributed by atoms with Gasteiger partial charge in [-0.25, -0.2) is 18.3 Å². The Hall–Kier alpha value is -1.77. The van der Waals surface area contributed by atoms with Crippen molar-refractivity contribution in [3.63, 3.8) is 0 Å². The van der Waals surface area contributed by atoms with Crippen molar-refractivity contribution in [3.8, 4) is 0 Å². The molecule has 2 aromatic rings. The van der Waals surface area contributed by atoms with Gasteiger partial charge < -0.3 is 9.64 Å². The van der Waals surface area contributed by atoms with Crippen LogP contribution in [0.15, 0.2) is 41.4 Å². The van der Waals surface area contributed by atoms with Crippen molar-refractivity contribution in [2.75, 3.05) is 38.2 Å². The lowest BCUT2D eigenvalue weighted by Crippen LogP contribution is -2.46. The predicted octanol–water partition coefficient (Wildman–Crippen LogP) is 1.77. The summed E-state index contributed by atoms with van der Waals surface area (Å²) in [4.78, 5) is 19.2. The minimum absolute atomic E-state index is 0.363. The van der Waals surface area contributed by atoms with Gasteiger partial charge in [-0.3, -0.25) is 0 Å². The van der Waals surface area contributed by atoms with Crippen molar-refractivity contribution in [1.82, 2.24) is 9.29 Å². The van der Waals surface area contributed by atoms with E-state index < -0.39 is 11.0 Å². The number of anilines is 1. The molecule has 1 aromatic heterocycles. The van der Waals surface area contributed by atoms with Crippen molar-refractivity contribution in [3.05, 3.63) is 41.4 Å². The predicted molar refractivity (Wildman–Crippen MR) is 90.1 cm³/mol. The van der Waals surface area contributed by atoms with Gasteiger partial charge in [0.1, 0.15) is 15.9 Å². The summed E-state index contributed by atoms with van der Waals surface area (Å²) < 4.78 is 19.2. The molecular weight excluding hydrogens is 334 g/mol. The first-order valence-electron chi connectivity index (χ1n) is 7.20. The van der Waals surface area contributed by atoms with Gasteiger partial charge in [0.2, 0.25) is 0 Å². The number of hydrogen-bond acceptors (Lipinski definition) is 6. The molecular formula is C15H17N3O3S2. The standard InChI is InChI=1S/C15H17N3O3S2/c1-21-14(19)13-11-16-15(22-13)17-7-9-18(10-8-17)23(20)12-5-3-2-4-6-12/h2-6,11H,7-10H2,1H3. The van der Waals surface area contributed by atoms with Crippen molar-refractivity contribution >= 4 is 33.4 Å². The molecule has 122 valence electrons. The van der Waals surface area contributed by atoms with Crippen LogP contribution in [0.5, 0.6) is 0 Å². The number of thiazole rings is 1. The van der Waals surface area contributed by atoms with E-state index in [-0.39, 0.29) is 5.97 Å². The van der Waals surface area contributed by atoms with Gasteiger partial charge in [-0.2, -0.15) is 0 Å². The van der Waals surface area contributed by atoms with E-state index in [2.05, 4.69) is 9.88 Å². The van der Waals surface area contributed by atoms with Crippen LogP contribution in [0.25, 0.3) is 0 Å². The number of ether oxygens (including phenoxy) is 1. The Kier molecular flexibility index (Phi) is 5.04. The Labute approximate surface area is 141 Å². The van der Waals surface area contributed by atoms with Crippen molar-refractivity contribution < 1.29 is 13.7 Å². The van der Waals surface area contributed by atoms with E-state index in [0.717, 1.165) is 23.1 Å².